The van der Waals surface area contributed by atoms with Crippen molar-refractivity contribution in [2.75, 3.05) is 13.2 Å². The minimum absolute atomic E-state index is 0.0334. The number of hydrogen-bond donors (Lipinski definition) is 2. The maximum atomic E-state index is 11.7. The molecule has 3 rings (SSSR count). The molecule has 1 saturated heterocycles. The molecule has 126 valence electrons. The van der Waals surface area contributed by atoms with E-state index in [0.717, 1.165) is 37.2 Å². The topological polar surface area (TPSA) is 73.6 Å². The lowest BCUT2D eigenvalue weighted by atomic mass is 9.86. The van der Waals surface area contributed by atoms with Crippen molar-refractivity contribution >= 4 is 5.91 Å². The van der Waals surface area contributed by atoms with E-state index >= 15 is 0 Å². The summed E-state index contributed by atoms with van der Waals surface area (Å²) in [5.74, 6) is -0.0213. The molecule has 0 unspecified atom stereocenters. The molecule has 2 aliphatic rings. The van der Waals surface area contributed by atoms with E-state index in [2.05, 4.69) is 12.2 Å². The van der Waals surface area contributed by atoms with E-state index in [-0.39, 0.29) is 12.0 Å². The van der Waals surface area contributed by atoms with Gasteiger partial charge in [0.15, 0.2) is 5.79 Å². The van der Waals surface area contributed by atoms with E-state index in [0.29, 0.717) is 13.2 Å². The van der Waals surface area contributed by atoms with Gasteiger partial charge in [-0.2, -0.15) is 0 Å². The fourth-order valence-corrected chi connectivity index (χ4v) is 3.46. The molecule has 0 aromatic heterocycles. The summed E-state index contributed by atoms with van der Waals surface area (Å²) in [5, 5.41) is 3.23. The largest absolute Gasteiger partial charge is 0.368 e. The van der Waals surface area contributed by atoms with Crippen LogP contribution < -0.4 is 11.1 Å². The summed E-state index contributed by atoms with van der Waals surface area (Å²) >= 11 is 0. The maximum absolute atomic E-state index is 11.7. The Bertz CT molecular complexity index is 526. The Kier molecular flexibility index (Phi) is 4.99. The van der Waals surface area contributed by atoms with E-state index in [1.54, 1.807) is 0 Å². The number of nitrogens with two attached hydrogens (primary N) is 1. The van der Waals surface area contributed by atoms with Gasteiger partial charge in [-0.3, -0.25) is 10.1 Å². The summed E-state index contributed by atoms with van der Waals surface area (Å²) in [7, 11) is 0. The first kappa shape index (κ1) is 16.4. The summed E-state index contributed by atoms with van der Waals surface area (Å²) < 4.78 is 12.1. The van der Waals surface area contributed by atoms with Gasteiger partial charge in [0.1, 0.15) is 6.04 Å². The van der Waals surface area contributed by atoms with Crippen LogP contribution in [0.2, 0.25) is 0 Å². The lowest BCUT2D eigenvalue weighted by Crippen LogP contribution is -2.40. The van der Waals surface area contributed by atoms with E-state index in [4.69, 9.17) is 15.2 Å². The van der Waals surface area contributed by atoms with Crippen molar-refractivity contribution < 1.29 is 14.3 Å². The highest BCUT2D eigenvalue weighted by Crippen LogP contribution is 2.39. The Morgan fingerprint density at radius 1 is 1.35 bits per heavy atom. The van der Waals surface area contributed by atoms with Crippen LogP contribution in [0.3, 0.4) is 0 Å². The number of ether oxygens (including phenoxy) is 2. The first-order valence-corrected chi connectivity index (χ1v) is 8.47. The second-order valence-corrected chi connectivity index (χ2v) is 6.80. The van der Waals surface area contributed by atoms with E-state index in [1.807, 2.05) is 30.3 Å². The quantitative estimate of drug-likeness (QED) is 0.872. The molecule has 2 fully saturated rings. The number of carbonyl (C=O) groups is 1. The van der Waals surface area contributed by atoms with Crippen LogP contribution in [0.25, 0.3) is 0 Å². The smallest absolute Gasteiger partial charge is 0.239 e. The van der Waals surface area contributed by atoms with Gasteiger partial charge >= 0.3 is 0 Å². The van der Waals surface area contributed by atoms with Crippen LogP contribution >= 0.6 is 0 Å². The van der Waals surface area contributed by atoms with Gasteiger partial charge in [-0.05, 0) is 24.3 Å². The SMILES string of the molecule is CC1CCC2(CC1)OC[C@@H](CN[C@@H](C(N)=O)c1ccccc1)O2. The molecule has 1 aliphatic carbocycles. The Labute approximate surface area is 137 Å². The van der Waals surface area contributed by atoms with Crippen molar-refractivity contribution in [3.8, 4) is 0 Å². The normalized spacial score (nSPS) is 32.0. The number of rotatable bonds is 5. The second-order valence-electron chi connectivity index (χ2n) is 6.80. The Hall–Kier alpha value is -1.43. The highest BCUT2D eigenvalue weighted by molar-refractivity contribution is 5.81. The van der Waals surface area contributed by atoms with Gasteiger partial charge in [-0.25, -0.2) is 0 Å². The van der Waals surface area contributed by atoms with Gasteiger partial charge < -0.3 is 15.2 Å². The average molecular weight is 318 g/mol. The van der Waals surface area contributed by atoms with Gasteiger partial charge in [0.2, 0.25) is 5.91 Å². The molecule has 5 nitrogen and oxygen atoms in total. The predicted octanol–water partition coefficient (Wildman–Crippen LogP) is 2.12. The summed E-state index contributed by atoms with van der Waals surface area (Å²) in [5.41, 5.74) is 6.41. The molecule has 1 aromatic carbocycles. The molecule has 0 radical (unpaired) electrons. The minimum atomic E-state index is -0.497. The molecule has 5 heteroatoms. The standard InChI is InChI=1S/C18H26N2O3/c1-13-7-9-18(10-8-13)22-12-15(23-18)11-20-16(17(19)21)14-5-3-2-4-6-14/h2-6,13,15-16,20H,7-12H2,1H3,(H2,19,21)/t13?,15-,16-,18?/m1/s1. The zero-order chi connectivity index (χ0) is 16.3. The van der Waals surface area contributed by atoms with Crippen molar-refractivity contribution in [1.29, 1.82) is 0 Å². The van der Waals surface area contributed by atoms with Crippen LogP contribution in [0.5, 0.6) is 0 Å². The van der Waals surface area contributed by atoms with Gasteiger partial charge in [-0.15, -0.1) is 0 Å². The number of primary amides is 1. The summed E-state index contributed by atoms with van der Waals surface area (Å²) in [6, 6.07) is 9.03. The number of carbonyl (C=O) groups excluding carboxylic acids is 1. The third-order valence-corrected chi connectivity index (χ3v) is 4.92. The van der Waals surface area contributed by atoms with Gasteiger partial charge in [-0.1, -0.05) is 37.3 Å². The fourth-order valence-electron chi connectivity index (χ4n) is 3.46. The Balaban J connectivity index is 1.55. The molecule has 1 aromatic rings. The fraction of sp³-hybridized carbons (Fsp3) is 0.611. The van der Waals surface area contributed by atoms with E-state index in [1.165, 1.54) is 0 Å². The molecule has 3 N–H and O–H groups in total. The molecule has 1 aliphatic heterocycles. The van der Waals surface area contributed by atoms with Crippen LogP contribution in [0.4, 0.5) is 0 Å². The van der Waals surface area contributed by atoms with E-state index in [9.17, 15) is 4.79 Å². The molecule has 0 bridgehead atoms. The highest BCUT2D eigenvalue weighted by atomic mass is 16.7. The van der Waals surface area contributed by atoms with Crippen LogP contribution in [-0.2, 0) is 14.3 Å². The van der Waals surface area contributed by atoms with Crippen LogP contribution in [-0.4, -0.2) is 30.9 Å². The molecular weight excluding hydrogens is 292 g/mol. The summed E-state index contributed by atoms with van der Waals surface area (Å²) in [4.78, 5) is 11.7. The van der Waals surface area contributed by atoms with Crippen molar-refractivity contribution in [3.05, 3.63) is 35.9 Å². The molecule has 1 saturated carbocycles. The average Bonchev–Trinajstić information content (AvgIpc) is 2.95. The Morgan fingerprint density at radius 3 is 2.70 bits per heavy atom. The first-order valence-electron chi connectivity index (χ1n) is 8.47. The van der Waals surface area contributed by atoms with Crippen molar-refractivity contribution in [2.24, 2.45) is 11.7 Å². The van der Waals surface area contributed by atoms with Crippen molar-refractivity contribution in [3.63, 3.8) is 0 Å². The van der Waals surface area contributed by atoms with Crippen LogP contribution in [0.1, 0.15) is 44.2 Å². The molecule has 23 heavy (non-hydrogen) atoms. The highest BCUT2D eigenvalue weighted by Gasteiger charge is 2.43. The molecular formula is C18H26N2O3. The molecule has 1 spiro atoms. The van der Waals surface area contributed by atoms with Gasteiger partial charge in [0.05, 0.1) is 12.7 Å². The number of amides is 1. The Morgan fingerprint density at radius 2 is 2.04 bits per heavy atom. The lowest BCUT2D eigenvalue weighted by Gasteiger charge is -2.34. The maximum Gasteiger partial charge on any atom is 0.239 e. The predicted molar refractivity (Wildman–Crippen MR) is 87.6 cm³/mol. The van der Waals surface area contributed by atoms with Crippen molar-refractivity contribution in [1.82, 2.24) is 5.32 Å². The third kappa shape index (κ3) is 3.91. The van der Waals surface area contributed by atoms with Crippen molar-refractivity contribution in [2.45, 2.75) is 50.5 Å². The van der Waals surface area contributed by atoms with Gasteiger partial charge in [0, 0.05) is 19.4 Å². The molecule has 2 atom stereocenters. The lowest BCUT2D eigenvalue weighted by molar-refractivity contribution is -0.191. The summed E-state index contributed by atoms with van der Waals surface area (Å²) in [6.07, 6.45) is 4.18. The molecule has 1 heterocycles. The van der Waals surface area contributed by atoms with Gasteiger partial charge in [0.25, 0.3) is 0 Å². The zero-order valence-electron chi connectivity index (χ0n) is 13.7. The number of benzene rings is 1. The summed E-state index contributed by atoms with van der Waals surface area (Å²) in [6.45, 7) is 3.40. The van der Waals surface area contributed by atoms with E-state index < -0.39 is 11.8 Å². The number of hydrogen-bond acceptors (Lipinski definition) is 4. The third-order valence-electron chi connectivity index (χ3n) is 4.92. The van der Waals surface area contributed by atoms with Crippen LogP contribution in [0, 0.1) is 5.92 Å². The second kappa shape index (κ2) is 6.99. The number of nitrogens with one attached hydrogen (secondary N) is 1. The first-order chi connectivity index (χ1) is 11.1. The van der Waals surface area contributed by atoms with Crippen LogP contribution in [0.15, 0.2) is 30.3 Å². The zero-order valence-corrected chi connectivity index (χ0v) is 13.7. The monoisotopic (exact) mass is 318 g/mol. The molecule has 1 amide bonds. The minimum Gasteiger partial charge on any atom is -0.368 e.